The first-order valence-electron chi connectivity index (χ1n) is 7.63. The molecule has 0 aliphatic heterocycles. The molecule has 1 aliphatic rings. The first kappa shape index (κ1) is 15.8. The highest BCUT2D eigenvalue weighted by Gasteiger charge is 2.54. The van der Waals surface area contributed by atoms with Crippen molar-refractivity contribution in [1.29, 1.82) is 0 Å². The summed E-state index contributed by atoms with van der Waals surface area (Å²) in [5.41, 5.74) is 0.468. The van der Waals surface area contributed by atoms with E-state index in [0.717, 1.165) is 18.4 Å². The zero-order valence-electron chi connectivity index (χ0n) is 13.5. The fraction of sp³-hybridized carbons (Fsp3) is 0.500. The van der Waals surface area contributed by atoms with Crippen molar-refractivity contribution in [2.45, 2.75) is 31.2 Å². The average molecular weight is 288 g/mol. The first-order chi connectivity index (χ1) is 9.93. The van der Waals surface area contributed by atoms with Crippen LogP contribution in [0.15, 0.2) is 42.5 Å². The molecular formula is C18H26NO2+. The van der Waals surface area contributed by atoms with Crippen molar-refractivity contribution in [3.8, 4) is 0 Å². The van der Waals surface area contributed by atoms with Gasteiger partial charge in [0.05, 0.1) is 27.7 Å². The number of carbonyl (C=O) groups excluding carboxylic acids is 1. The smallest absolute Gasteiger partial charge is 0.323 e. The Balaban J connectivity index is 2.60. The monoisotopic (exact) mass is 288 g/mol. The topological polar surface area (TPSA) is 26.3 Å². The van der Waals surface area contributed by atoms with E-state index in [-0.39, 0.29) is 12.0 Å². The van der Waals surface area contributed by atoms with Crippen molar-refractivity contribution in [2.24, 2.45) is 0 Å². The van der Waals surface area contributed by atoms with E-state index < -0.39 is 5.41 Å². The molecule has 21 heavy (non-hydrogen) atoms. The third-order valence-electron chi connectivity index (χ3n) is 4.29. The molecule has 0 bridgehead atoms. The van der Waals surface area contributed by atoms with Crippen molar-refractivity contribution in [2.75, 3.05) is 27.7 Å². The molecule has 0 fully saturated rings. The number of hydrogen-bond donors (Lipinski definition) is 0. The van der Waals surface area contributed by atoms with Crippen LogP contribution in [-0.4, -0.2) is 44.2 Å². The number of ether oxygens (including phenoxy) is 1. The fourth-order valence-electron chi connectivity index (χ4n) is 3.42. The van der Waals surface area contributed by atoms with E-state index in [9.17, 15) is 4.79 Å². The number of carbonyl (C=O) groups is 1. The Morgan fingerprint density at radius 3 is 2.52 bits per heavy atom. The molecule has 0 saturated carbocycles. The van der Waals surface area contributed by atoms with E-state index in [1.807, 2.05) is 25.1 Å². The molecule has 1 aromatic rings. The maximum atomic E-state index is 12.9. The van der Waals surface area contributed by atoms with Crippen LogP contribution in [0.2, 0.25) is 0 Å². The molecule has 0 heterocycles. The lowest BCUT2D eigenvalue weighted by Crippen LogP contribution is -2.60. The van der Waals surface area contributed by atoms with Gasteiger partial charge in [0, 0.05) is 0 Å². The summed E-state index contributed by atoms with van der Waals surface area (Å²) < 4.78 is 6.18. The number of likely N-dealkylation sites (N-methyl/N-ethyl adjacent to an activating group) is 1. The average Bonchev–Trinajstić information content (AvgIpc) is 2.47. The minimum atomic E-state index is -0.593. The molecule has 0 saturated heterocycles. The lowest BCUT2D eigenvalue weighted by molar-refractivity contribution is -0.893. The molecule has 0 radical (unpaired) electrons. The summed E-state index contributed by atoms with van der Waals surface area (Å²) >= 11 is 0. The Labute approximate surface area is 127 Å². The van der Waals surface area contributed by atoms with Gasteiger partial charge in [-0.2, -0.15) is 0 Å². The van der Waals surface area contributed by atoms with Crippen LogP contribution in [0.5, 0.6) is 0 Å². The highest BCUT2D eigenvalue weighted by molar-refractivity contribution is 5.85. The third kappa shape index (κ3) is 2.88. The summed E-state index contributed by atoms with van der Waals surface area (Å²) in [4.78, 5) is 12.9. The van der Waals surface area contributed by atoms with E-state index in [1.165, 1.54) is 0 Å². The molecule has 3 nitrogen and oxygen atoms in total. The number of esters is 1. The maximum absolute atomic E-state index is 12.9. The Morgan fingerprint density at radius 1 is 1.29 bits per heavy atom. The van der Waals surface area contributed by atoms with Crippen LogP contribution in [0.1, 0.15) is 25.3 Å². The van der Waals surface area contributed by atoms with E-state index >= 15 is 0 Å². The highest BCUT2D eigenvalue weighted by Crippen LogP contribution is 2.41. The van der Waals surface area contributed by atoms with E-state index in [2.05, 4.69) is 45.4 Å². The molecule has 2 atom stereocenters. The standard InChI is InChI=1S/C18H26NO2/c1-5-21-17(20)18(15-11-7-6-8-12-15)14-10-9-13-16(18)19(2,3)4/h6-9,11-13,16H,5,10,14H2,1-4H3/q+1/t16-,18+/m1/s1. The Bertz CT molecular complexity index is 516. The van der Waals surface area contributed by atoms with E-state index in [4.69, 9.17) is 4.74 Å². The quantitative estimate of drug-likeness (QED) is 0.484. The van der Waals surface area contributed by atoms with Gasteiger partial charge in [0.15, 0.2) is 0 Å². The minimum absolute atomic E-state index is 0.0766. The molecule has 1 aromatic carbocycles. The SMILES string of the molecule is CCOC(=O)[C@]1(c2ccccc2)CCC=C[C@H]1[N+](C)(C)C. The molecule has 114 valence electrons. The number of benzene rings is 1. The highest BCUT2D eigenvalue weighted by atomic mass is 16.5. The predicted octanol–water partition coefficient (Wildman–Crippen LogP) is 2.91. The summed E-state index contributed by atoms with van der Waals surface area (Å²) in [5, 5.41) is 0. The van der Waals surface area contributed by atoms with Crippen LogP contribution < -0.4 is 0 Å². The summed E-state index contributed by atoms with van der Waals surface area (Å²) in [5.74, 6) is -0.0985. The van der Waals surface area contributed by atoms with Crippen molar-refractivity contribution in [3.63, 3.8) is 0 Å². The van der Waals surface area contributed by atoms with Crippen LogP contribution in [-0.2, 0) is 14.9 Å². The summed E-state index contributed by atoms with van der Waals surface area (Å²) in [6.07, 6.45) is 6.08. The van der Waals surface area contributed by atoms with Crippen molar-refractivity contribution in [3.05, 3.63) is 48.0 Å². The lowest BCUT2D eigenvalue weighted by atomic mass is 9.67. The Hall–Kier alpha value is -1.61. The number of allylic oxidation sites excluding steroid dienone is 1. The van der Waals surface area contributed by atoms with Gasteiger partial charge in [-0.1, -0.05) is 36.4 Å². The first-order valence-corrected chi connectivity index (χ1v) is 7.63. The van der Waals surface area contributed by atoms with Crippen LogP contribution in [0.25, 0.3) is 0 Å². The number of rotatable bonds is 4. The lowest BCUT2D eigenvalue weighted by Gasteiger charge is -2.46. The summed E-state index contributed by atoms with van der Waals surface area (Å²) in [7, 11) is 6.41. The second-order valence-electron chi connectivity index (χ2n) is 6.59. The van der Waals surface area contributed by atoms with Crippen LogP contribution >= 0.6 is 0 Å². The fourth-order valence-corrected chi connectivity index (χ4v) is 3.42. The molecule has 2 rings (SSSR count). The van der Waals surface area contributed by atoms with Gasteiger partial charge in [0.1, 0.15) is 11.5 Å². The van der Waals surface area contributed by atoms with Crippen LogP contribution in [0.3, 0.4) is 0 Å². The predicted molar refractivity (Wildman–Crippen MR) is 84.9 cm³/mol. The summed E-state index contributed by atoms with van der Waals surface area (Å²) in [6, 6.07) is 10.2. The van der Waals surface area contributed by atoms with Gasteiger partial charge in [-0.05, 0) is 31.4 Å². The molecule has 3 heteroatoms. The number of nitrogens with zero attached hydrogens (tertiary/aromatic N) is 1. The molecule has 0 N–H and O–H groups in total. The Kier molecular flexibility index (Phi) is 4.52. The molecule has 0 unspecified atom stereocenters. The molecule has 0 aromatic heterocycles. The van der Waals surface area contributed by atoms with Gasteiger partial charge >= 0.3 is 5.97 Å². The van der Waals surface area contributed by atoms with E-state index in [1.54, 1.807) is 0 Å². The van der Waals surface area contributed by atoms with Gasteiger partial charge in [-0.3, -0.25) is 4.79 Å². The van der Waals surface area contributed by atoms with Gasteiger partial charge < -0.3 is 9.22 Å². The zero-order chi connectivity index (χ0) is 15.5. The second kappa shape index (κ2) is 6.02. The number of hydrogen-bond acceptors (Lipinski definition) is 2. The van der Waals surface area contributed by atoms with Crippen molar-refractivity contribution >= 4 is 5.97 Å². The molecule has 0 amide bonds. The molecule has 1 aliphatic carbocycles. The van der Waals surface area contributed by atoms with Crippen LogP contribution in [0, 0.1) is 0 Å². The largest absolute Gasteiger partial charge is 0.465 e. The van der Waals surface area contributed by atoms with Crippen LogP contribution in [0.4, 0.5) is 0 Å². The van der Waals surface area contributed by atoms with Gasteiger partial charge in [-0.15, -0.1) is 0 Å². The number of quaternary nitrogens is 1. The normalized spacial score (nSPS) is 25.6. The van der Waals surface area contributed by atoms with Gasteiger partial charge in [-0.25, -0.2) is 0 Å². The van der Waals surface area contributed by atoms with Crippen molar-refractivity contribution in [1.82, 2.24) is 0 Å². The van der Waals surface area contributed by atoms with Gasteiger partial charge in [0.2, 0.25) is 0 Å². The Morgan fingerprint density at radius 2 is 1.95 bits per heavy atom. The van der Waals surface area contributed by atoms with Crippen molar-refractivity contribution < 1.29 is 14.0 Å². The maximum Gasteiger partial charge on any atom is 0.323 e. The molecule has 0 spiro atoms. The zero-order valence-corrected chi connectivity index (χ0v) is 13.5. The van der Waals surface area contributed by atoms with E-state index in [0.29, 0.717) is 11.1 Å². The van der Waals surface area contributed by atoms with Gasteiger partial charge in [0.25, 0.3) is 0 Å². The third-order valence-corrected chi connectivity index (χ3v) is 4.29. The second-order valence-corrected chi connectivity index (χ2v) is 6.59. The summed E-state index contributed by atoms with van der Waals surface area (Å²) in [6.45, 7) is 2.29. The molecular weight excluding hydrogens is 262 g/mol. The minimum Gasteiger partial charge on any atom is -0.465 e.